The van der Waals surface area contributed by atoms with Gasteiger partial charge in [-0.3, -0.25) is 4.90 Å². The van der Waals surface area contributed by atoms with Crippen LogP contribution < -0.4 is 10.6 Å². The number of rotatable bonds is 3. The largest absolute Gasteiger partial charge is 0.395 e. The topological polar surface area (TPSA) is 78.5 Å². The number of aromatic nitrogens is 2. The molecule has 0 radical (unpaired) electrons. The van der Waals surface area contributed by atoms with Crippen LogP contribution in [0.3, 0.4) is 0 Å². The highest BCUT2D eigenvalue weighted by Gasteiger charge is 2.18. The van der Waals surface area contributed by atoms with Crippen molar-refractivity contribution in [1.82, 2.24) is 14.9 Å². The van der Waals surface area contributed by atoms with Gasteiger partial charge in [0.25, 0.3) is 0 Å². The smallest absolute Gasteiger partial charge is 0.224 e. The van der Waals surface area contributed by atoms with E-state index in [2.05, 4.69) is 19.8 Å². The second-order valence-corrected chi connectivity index (χ2v) is 4.66. The van der Waals surface area contributed by atoms with Crippen molar-refractivity contribution < 1.29 is 5.11 Å². The van der Waals surface area contributed by atoms with Gasteiger partial charge < -0.3 is 15.7 Å². The molecule has 2 heterocycles. The van der Waals surface area contributed by atoms with E-state index in [1.807, 2.05) is 0 Å². The highest BCUT2D eigenvalue weighted by Crippen LogP contribution is 2.22. The number of hydrogen-bond donors (Lipinski definition) is 2. The van der Waals surface area contributed by atoms with Crippen molar-refractivity contribution in [2.75, 3.05) is 50.0 Å². The van der Waals surface area contributed by atoms with Gasteiger partial charge in [-0.05, 0) is 24.6 Å². The number of aliphatic hydroxyl groups is 1. The molecule has 1 aromatic heterocycles. The summed E-state index contributed by atoms with van der Waals surface area (Å²) >= 11 is 5.81. The quantitative estimate of drug-likeness (QED) is 0.766. The van der Waals surface area contributed by atoms with E-state index in [1.54, 1.807) is 6.20 Å². The molecule has 1 aliphatic rings. The van der Waals surface area contributed by atoms with Gasteiger partial charge in [-0.2, -0.15) is 4.98 Å². The maximum absolute atomic E-state index is 8.96. The summed E-state index contributed by atoms with van der Waals surface area (Å²) in [5, 5.41) is 9.18. The zero-order valence-corrected chi connectivity index (χ0v) is 11.0. The number of hydrogen-bond acceptors (Lipinski definition) is 6. The highest BCUT2D eigenvalue weighted by molar-refractivity contribution is 6.28. The van der Waals surface area contributed by atoms with Gasteiger partial charge in [-0.15, -0.1) is 0 Å². The van der Waals surface area contributed by atoms with Gasteiger partial charge >= 0.3 is 0 Å². The molecule has 1 aromatic rings. The highest BCUT2D eigenvalue weighted by atomic mass is 35.5. The monoisotopic (exact) mass is 271 g/mol. The Morgan fingerprint density at radius 3 is 2.94 bits per heavy atom. The van der Waals surface area contributed by atoms with Crippen LogP contribution in [0.25, 0.3) is 0 Å². The molecule has 0 aliphatic carbocycles. The number of nitrogens with zero attached hydrogens (tertiary/aromatic N) is 4. The lowest BCUT2D eigenvalue weighted by atomic mass is 10.3. The summed E-state index contributed by atoms with van der Waals surface area (Å²) in [6, 6.07) is 0. The third-order valence-corrected chi connectivity index (χ3v) is 3.25. The fraction of sp³-hybridized carbons (Fsp3) is 0.636. The summed E-state index contributed by atoms with van der Waals surface area (Å²) in [7, 11) is 0. The van der Waals surface area contributed by atoms with Crippen LogP contribution in [-0.2, 0) is 0 Å². The van der Waals surface area contributed by atoms with Crippen LogP contribution in [-0.4, -0.2) is 59.3 Å². The van der Waals surface area contributed by atoms with Gasteiger partial charge in [-0.25, -0.2) is 4.98 Å². The van der Waals surface area contributed by atoms with E-state index in [1.165, 1.54) is 0 Å². The molecule has 0 amide bonds. The van der Waals surface area contributed by atoms with Gasteiger partial charge in [0.05, 0.1) is 18.5 Å². The lowest BCUT2D eigenvalue weighted by Gasteiger charge is -2.23. The summed E-state index contributed by atoms with van der Waals surface area (Å²) < 4.78 is 0. The minimum atomic E-state index is 0.196. The zero-order chi connectivity index (χ0) is 13.0. The number of aliphatic hydroxyl groups excluding tert-OH is 1. The predicted octanol–water partition coefficient (Wildman–Crippen LogP) is 0.217. The molecule has 3 N–H and O–H groups in total. The first-order chi connectivity index (χ1) is 8.70. The molecule has 7 heteroatoms. The second kappa shape index (κ2) is 6.17. The van der Waals surface area contributed by atoms with Gasteiger partial charge in [0.1, 0.15) is 0 Å². The Bertz CT molecular complexity index is 403. The van der Waals surface area contributed by atoms with Crippen LogP contribution in [0.5, 0.6) is 0 Å². The summed E-state index contributed by atoms with van der Waals surface area (Å²) in [5.74, 6) is 0.709. The molecule has 18 heavy (non-hydrogen) atoms. The van der Waals surface area contributed by atoms with Crippen LogP contribution >= 0.6 is 11.6 Å². The Hall–Kier alpha value is -1.11. The van der Waals surface area contributed by atoms with E-state index in [9.17, 15) is 0 Å². The molecule has 0 atom stereocenters. The van der Waals surface area contributed by atoms with Gasteiger partial charge in [0, 0.05) is 26.2 Å². The molecule has 1 aliphatic heterocycles. The first-order valence-corrected chi connectivity index (χ1v) is 6.44. The fourth-order valence-corrected chi connectivity index (χ4v) is 2.29. The fourth-order valence-electron chi connectivity index (χ4n) is 2.16. The van der Waals surface area contributed by atoms with Gasteiger partial charge in [0.15, 0.2) is 5.82 Å². The lowest BCUT2D eigenvalue weighted by molar-refractivity contribution is 0.204. The van der Waals surface area contributed by atoms with E-state index in [-0.39, 0.29) is 11.9 Å². The number of β-amino-alcohol motifs (C(OH)–C–C–N with tert-alkyl or cyclic N) is 1. The second-order valence-electron chi connectivity index (χ2n) is 4.32. The first kappa shape index (κ1) is 13.3. The number of nitrogens with two attached hydrogens (primary N) is 1. The van der Waals surface area contributed by atoms with Crippen molar-refractivity contribution in [1.29, 1.82) is 0 Å². The molecule has 0 unspecified atom stereocenters. The molecule has 1 saturated heterocycles. The predicted molar refractivity (Wildman–Crippen MR) is 71.8 cm³/mol. The van der Waals surface area contributed by atoms with Crippen molar-refractivity contribution in [2.45, 2.75) is 6.42 Å². The third kappa shape index (κ3) is 3.22. The minimum Gasteiger partial charge on any atom is -0.395 e. The normalized spacial score (nSPS) is 17.8. The van der Waals surface area contributed by atoms with E-state index in [4.69, 9.17) is 22.4 Å². The minimum absolute atomic E-state index is 0.196. The molecule has 0 bridgehead atoms. The number of anilines is 2. The van der Waals surface area contributed by atoms with E-state index < -0.39 is 0 Å². The Labute approximate surface area is 111 Å². The number of halogens is 1. The Balaban J connectivity index is 2.07. The molecule has 0 spiro atoms. The first-order valence-electron chi connectivity index (χ1n) is 6.07. The maximum Gasteiger partial charge on any atom is 0.224 e. The van der Waals surface area contributed by atoms with Gasteiger partial charge in [-0.1, -0.05) is 0 Å². The van der Waals surface area contributed by atoms with Crippen molar-refractivity contribution in [2.24, 2.45) is 0 Å². The van der Waals surface area contributed by atoms with Crippen LogP contribution in [0.15, 0.2) is 6.20 Å². The van der Waals surface area contributed by atoms with E-state index in [0.29, 0.717) is 18.1 Å². The Morgan fingerprint density at radius 2 is 2.17 bits per heavy atom. The lowest BCUT2D eigenvalue weighted by Crippen LogP contribution is -2.33. The average molecular weight is 272 g/mol. The van der Waals surface area contributed by atoms with Crippen LogP contribution in [0.1, 0.15) is 6.42 Å². The molecule has 1 fully saturated rings. The Morgan fingerprint density at radius 1 is 1.33 bits per heavy atom. The summed E-state index contributed by atoms with van der Waals surface area (Å²) in [6.07, 6.45) is 2.56. The third-order valence-electron chi connectivity index (χ3n) is 3.07. The number of nitrogen functional groups attached to an aromatic ring is 1. The Kier molecular flexibility index (Phi) is 4.57. The van der Waals surface area contributed by atoms with Crippen molar-refractivity contribution in [3.05, 3.63) is 11.5 Å². The summed E-state index contributed by atoms with van der Waals surface area (Å²) in [4.78, 5) is 12.4. The van der Waals surface area contributed by atoms with Crippen molar-refractivity contribution in [3.63, 3.8) is 0 Å². The SMILES string of the molecule is Nc1cnc(Cl)nc1N1CCCN(CCO)CC1. The molecular formula is C11H18ClN5O. The van der Waals surface area contributed by atoms with Crippen LogP contribution in [0, 0.1) is 0 Å². The summed E-state index contributed by atoms with van der Waals surface area (Å²) in [6.45, 7) is 4.50. The zero-order valence-electron chi connectivity index (χ0n) is 10.2. The molecule has 2 rings (SSSR count). The summed E-state index contributed by atoms with van der Waals surface area (Å²) in [5.41, 5.74) is 6.44. The van der Waals surface area contributed by atoms with Gasteiger partial charge in [0.2, 0.25) is 5.28 Å². The molecule has 6 nitrogen and oxygen atoms in total. The van der Waals surface area contributed by atoms with E-state index in [0.717, 1.165) is 32.6 Å². The molecule has 100 valence electrons. The molecule has 0 saturated carbocycles. The average Bonchev–Trinajstić information content (AvgIpc) is 2.58. The molecular weight excluding hydrogens is 254 g/mol. The van der Waals surface area contributed by atoms with E-state index >= 15 is 0 Å². The standard InChI is InChI=1S/C11H18ClN5O/c12-11-14-8-9(13)10(15-11)17-3-1-2-16(4-5-17)6-7-18/h8,18H,1-7,13H2. The van der Waals surface area contributed by atoms with Crippen LogP contribution in [0.2, 0.25) is 5.28 Å². The van der Waals surface area contributed by atoms with Crippen molar-refractivity contribution in [3.8, 4) is 0 Å². The maximum atomic E-state index is 8.96. The van der Waals surface area contributed by atoms with Crippen molar-refractivity contribution >= 4 is 23.1 Å². The molecule has 0 aromatic carbocycles. The van der Waals surface area contributed by atoms with Crippen LogP contribution in [0.4, 0.5) is 11.5 Å².